The lowest BCUT2D eigenvalue weighted by molar-refractivity contribution is -0.164. The van der Waals surface area contributed by atoms with Gasteiger partial charge in [-0.05, 0) is 51.1 Å². The number of amides is 1. The molecule has 0 fully saturated rings. The zero-order chi connectivity index (χ0) is 21.9. The lowest BCUT2D eigenvalue weighted by Crippen LogP contribution is -2.48. The van der Waals surface area contributed by atoms with E-state index in [1.165, 1.54) is 0 Å². The van der Waals surface area contributed by atoms with Crippen molar-refractivity contribution in [1.82, 2.24) is 9.88 Å². The van der Waals surface area contributed by atoms with Crippen LogP contribution in [-0.2, 0) is 16.6 Å². The van der Waals surface area contributed by atoms with E-state index < -0.39 is 23.7 Å². The van der Waals surface area contributed by atoms with Gasteiger partial charge < -0.3 is 19.4 Å². The van der Waals surface area contributed by atoms with Crippen molar-refractivity contribution in [3.63, 3.8) is 0 Å². The van der Waals surface area contributed by atoms with Gasteiger partial charge in [0.25, 0.3) is 12.1 Å². The fourth-order valence-electron chi connectivity index (χ4n) is 2.94. The molecular formula is C23H23N3O4. The second kappa shape index (κ2) is 8.29. The molecule has 3 aromatic rings. The second-order valence-corrected chi connectivity index (χ2v) is 7.79. The van der Waals surface area contributed by atoms with Crippen LogP contribution in [0.15, 0.2) is 54.6 Å². The number of esters is 1. The Morgan fingerprint density at radius 1 is 1.10 bits per heavy atom. The molecule has 0 aliphatic heterocycles. The number of hydrogen-bond donors (Lipinski definition) is 1. The SMILES string of the molecule is Cn1c(C(=O)NC(Oc2ccccc2)C(=O)OC(C)(C)C)cc2ccc(C#N)cc21. The van der Waals surface area contributed by atoms with Gasteiger partial charge in [0.2, 0.25) is 0 Å². The van der Waals surface area contributed by atoms with E-state index in [-0.39, 0.29) is 0 Å². The van der Waals surface area contributed by atoms with E-state index in [1.807, 2.05) is 6.07 Å². The predicted molar refractivity (Wildman–Crippen MR) is 112 cm³/mol. The monoisotopic (exact) mass is 405 g/mol. The summed E-state index contributed by atoms with van der Waals surface area (Å²) in [7, 11) is 1.72. The number of para-hydroxylation sites is 1. The van der Waals surface area contributed by atoms with E-state index in [0.717, 1.165) is 10.9 Å². The van der Waals surface area contributed by atoms with Gasteiger partial charge in [-0.15, -0.1) is 0 Å². The van der Waals surface area contributed by atoms with Crippen molar-refractivity contribution in [2.45, 2.75) is 32.6 Å². The summed E-state index contributed by atoms with van der Waals surface area (Å²) in [5.74, 6) is -0.784. The molecule has 0 radical (unpaired) electrons. The number of nitrogens with zero attached hydrogens (tertiary/aromatic N) is 2. The van der Waals surface area contributed by atoms with Gasteiger partial charge >= 0.3 is 5.97 Å². The molecule has 1 amide bonds. The molecule has 0 saturated heterocycles. The number of benzene rings is 2. The van der Waals surface area contributed by atoms with E-state index in [2.05, 4.69) is 11.4 Å². The molecule has 1 N–H and O–H groups in total. The lowest BCUT2D eigenvalue weighted by Gasteiger charge is -2.25. The molecule has 0 saturated carbocycles. The third-order valence-corrected chi connectivity index (χ3v) is 4.29. The molecule has 7 heteroatoms. The maximum atomic E-state index is 13.0. The Kier molecular flexibility index (Phi) is 5.79. The molecule has 0 bridgehead atoms. The molecule has 0 aliphatic rings. The number of nitrogens with one attached hydrogen (secondary N) is 1. The van der Waals surface area contributed by atoms with Crippen LogP contribution in [0.5, 0.6) is 5.75 Å². The van der Waals surface area contributed by atoms with E-state index in [4.69, 9.17) is 14.7 Å². The first-order valence-electron chi connectivity index (χ1n) is 9.43. The van der Waals surface area contributed by atoms with Crippen molar-refractivity contribution in [1.29, 1.82) is 5.26 Å². The van der Waals surface area contributed by atoms with Gasteiger partial charge in [-0.25, -0.2) is 4.79 Å². The zero-order valence-corrected chi connectivity index (χ0v) is 17.3. The van der Waals surface area contributed by atoms with Gasteiger partial charge in [-0.2, -0.15) is 5.26 Å². The maximum Gasteiger partial charge on any atom is 0.369 e. The third kappa shape index (κ3) is 4.78. The largest absolute Gasteiger partial charge is 0.459 e. The highest BCUT2D eigenvalue weighted by atomic mass is 16.6. The summed E-state index contributed by atoms with van der Waals surface area (Å²) in [6.45, 7) is 5.22. The van der Waals surface area contributed by atoms with Crippen LogP contribution in [0.25, 0.3) is 10.9 Å². The normalized spacial score (nSPS) is 12.1. The van der Waals surface area contributed by atoms with E-state index in [9.17, 15) is 9.59 Å². The van der Waals surface area contributed by atoms with Crippen LogP contribution in [0.4, 0.5) is 0 Å². The molecule has 1 atom stereocenters. The summed E-state index contributed by atoms with van der Waals surface area (Å²) in [5, 5.41) is 12.5. The highest BCUT2D eigenvalue weighted by molar-refractivity contribution is 6.00. The molecule has 154 valence electrons. The highest BCUT2D eigenvalue weighted by Gasteiger charge is 2.29. The number of carbonyl (C=O) groups excluding carboxylic acids is 2. The second-order valence-electron chi connectivity index (χ2n) is 7.79. The fourth-order valence-corrected chi connectivity index (χ4v) is 2.94. The minimum atomic E-state index is -1.33. The van der Waals surface area contributed by atoms with Crippen LogP contribution in [-0.4, -0.2) is 28.3 Å². The van der Waals surface area contributed by atoms with Crippen LogP contribution in [0.3, 0.4) is 0 Å². The number of aromatic nitrogens is 1. The number of carbonyl (C=O) groups is 2. The Balaban J connectivity index is 1.88. The van der Waals surface area contributed by atoms with Gasteiger partial charge in [0.15, 0.2) is 0 Å². The standard InChI is InChI=1S/C23H23N3O4/c1-23(2,3)30-22(28)21(29-17-8-6-5-7-9-17)25-20(27)19-13-16-11-10-15(14-24)12-18(16)26(19)4/h5-13,21H,1-4H3,(H,25,27). The minimum Gasteiger partial charge on any atom is -0.459 e. The Labute approximate surface area is 174 Å². The molecule has 30 heavy (non-hydrogen) atoms. The Hall–Kier alpha value is -3.79. The molecule has 3 rings (SSSR count). The topological polar surface area (TPSA) is 93.3 Å². The van der Waals surface area contributed by atoms with Crippen molar-refractivity contribution in [3.05, 3.63) is 65.9 Å². The molecule has 1 heterocycles. The molecule has 0 spiro atoms. The first-order valence-corrected chi connectivity index (χ1v) is 9.43. The van der Waals surface area contributed by atoms with Gasteiger partial charge in [-0.1, -0.05) is 24.3 Å². The van der Waals surface area contributed by atoms with Crippen molar-refractivity contribution >= 4 is 22.8 Å². The van der Waals surface area contributed by atoms with Crippen molar-refractivity contribution in [2.75, 3.05) is 0 Å². The van der Waals surface area contributed by atoms with Crippen LogP contribution in [0, 0.1) is 11.3 Å². The van der Waals surface area contributed by atoms with E-state index >= 15 is 0 Å². The maximum absolute atomic E-state index is 13.0. The first kappa shape index (κ1) is 20.9. The van der Waals surface area contributed by atoms with E-state index in [0.29, 0.717) is 17.0 Å². The fraction of sp³-hybridized carbons (Fsp3) is 0.261. The number of aryl methyl sites for hydroxylation is 1. The summed E-state index contributed by atoms with van der Waals surface area (Å²) in [6.07, 6.45) is -1.33. The number of rotatable bonds is 5. The van der Waals surface area contributed by atoms with Crippen molar-refractivity contribution in [3.8, 4) is 11.8 Å². The third-order valence-electron chi connectivity index (χ3n) is 4.29. The van der Waals surface area contributed by atoms with Crippen LogP contribution < -0.4 is 10.1 Å². The van der Waals surface area contributed by atoms with Crippen molar-refractivity contribution < 1.29 is 19.1 Å². The Bertz CT molecular complexity index is 1120. The van der Waals surface area contributed by atoms with Gasteiger partial charge in [0.05, 0.1) is 11.6 Å². The Morgan fingerprint density at radius 3 is 2.43 bits per heavy atom. The molecule has 1 aromatic heterocycles. The number of fused-ring (bicyclic) bond motifs is 1. The van der Waals surface area contributed by atoms with Crippen LogP contribution in [0.2, 0.25) is 0 Å². The van der Waals surface area contributed by atoms with Crippen LogP contribution >= 0.6 is 0 Å². The summed E-state index contributed by atoms with van der Waals surface area (Å²) < 4.78 is 12.8. The average molecular weight is 405 g/mol. The molecule has 2 aromatic carbocycles. The summed E-state index contributed by atoms with van der Waals surface area (Å²) in [6, 6.07) is 17.7. The summed E-state index contributed by atoms with van der Waals surface area (Å²) in [4.78, 5) is 25.6. The quantitative estimate of drug-likeness (QED) is 0.518. The summed E-state index contributed by atoms with van der Waals surface area (Å²) >= 11 is 0. The van der Waals surface area contributed by atoms with Crippen LogP contribution in [0.1, 0.15) is 36.8 Å². The van der Waals surface area contributed by atoms with Gasteiger partial charge in [0, 0.05) is 18.0 Å². The molecule has 0 aliphatic carbocycles. The van der Waals surface area contributed by atoms with Gasteiger partial charge in [0.1, 0.15) is 17.0 Å². The Morgan fingerprint density at radius 2 is 1.80 bits per heavy atom. The first-order chi connectivity index (χ1) is 14.2. The molecule has 7 nitrogen and oxygen atoms in total. The van der Waals surface area contributed by atoms with Crippen molar-refractivity contribution in [2.24, 2.45) is 7.05 Å². The van der Waals surface area contributed by atoms with E-state index in [1.54, 1.807) is 80.9 Å². The number of nitriles is 1. The number of hydrogen-bond acceptors (Lipinski definition) is 5. The zero-order valence-electron chi connectivity index (χ0n) is 17.3. The molecular weight excluding hydrogens is 382 g/mol. The molecule has 1 unspecified atom stereocenters. The lowest BCUT2D eigenvalue weighted by atomic mass is 10.2. The smallest absolute Gasteiger partial charge is 0.369 e. The summed E-state index contributed by atoms with van der Waals surface area (Å²) in [5.41, 5.74) is 0.810. The minimum absolute atomic E-state index is 0.324. The number of ether oxygens (including phenoxy) is 2. The highest BCUT2D eigenvalue weighted by Crippen LogP contribution is 2.21. The van der Waals surface area contributed by atoms with Gasteiger partial charge in [-0.3, -0.25) is 4.79 Å². The average Bonchev–Trinajstić information content (AvgIpc) is 3.03. The predicted octanol–water partition coefficient (Wildman–Crippen LogP) is 3.53.